The lowest BCUT2D eigenvalue weighted by Gasteiger charge is -2.34. The van der Waals surface area contributed by atoms with Crippen molar-refractivity contribution in [1.29, 1.82) is 0 Å². The molecule has 2 atom stereocenters. The molecule has 0 amide bonds. The minimum absolute atomic E-state index is 0.0975. The summed E-state index contributed by atoms with van der Waals surface area (Å²) < 4.78 is 29.1. The van der Waals surface area contributed by atoms with Crippen LogP contribution >= 0.6 is 0 Å². The summed E-state index contributed by atoms with van der Waals surface area (Å²) in [5, 5.41) is 0. The van der Waals surface area contributed by atoms with Gasteiger partial charge in [0.05, 0.1) is 19.8 Å². The number of oxazole rings is 1. The van der Waals surface area contributed by atoms with E-state index in [0.29, 0.717) is 36.6 Å². The van der Waals surface area contributed by atoms with Gasteiger partial charge >= 0.3 is 5.97 Å². The number of hydrogen-bond acceptors (Lipinski definition) is 6. The molecule has 6 nitrogen and oxygen atoms in total. The molecule has 2 aromatic rings. The summed E-state index contributed by atoms with van der Waals surface area (Å²) in [6, 6.07) is 4.23. The van der Waals surface area contributed by atoms with Crippen LogP contribution in [-0.4, -0.2) is 48.3 Å². The largest absolute Gasteiger partial charge is 0.467 e. The first-order valence-electron chi connectivity index (χ1n) is 7.06. The van der Waals surface area contributed by atoms with Crippen molar-refractivity contribution in [2.45, 2.75) is 25.7 Å². The second-order valence-electron chi connectivity index (χ2n) is 5.37. The van der Waals surface area contributed by atoms with Crippen LogP contribution in [0.2, 0.25) is 0 Å². The van der Waals surface area contributed by atoms with Crippen molar-refractivity contribution in [3.63, 3.8) is 0 Å². The van der Waals surface area contributed by atoms with Crippen LogP contribution in [0, 0.1) is 5.82 Å². The molecular formula is C15H17FN2O4. The average Bonchev–Trinajstić information content (AvgIpc) is 2.86. The van der Waals surface area contributed by atoms with Crippen molar-refractivity contribution < 1.29 is 23.1 Å². The number of ether oxygens (including phenoxy) is 2. The molecule has 1 aliphatic rings. The van der Waals surface area contributed by atoms with Crippen LogP contribution in [0.3, 0.4) is 0 Å². The Hall–Kier alpha value is -1.99. The Labute approximate surface area is 126 Å². The van der Waals surface area contributed by atoms with Gasteiger partial charge in [0, 0.05) is 19.2 Å². The third-order valence-corrected chi connectivity index (χ3v) is 3.55. The molecule has 7 heteroatoms. The second-order valence-corrected chi connectivity index (χ2v) is 5.37. The lowest BCUT2D eigenvalue weighted by atomic mass is 10.2. The first-order chi connectivity index (χ1) is 10.5. The van der Waals surface area contributed by atoms with E-state index < -0.39 is 12.1 Å². The molecule has 2 heterocycles. The summed E-state index contributed by atoms with van der Waals surface area (Å²) >= 11 is 0. The van der Waals surface area contributed by atoms with Crippen molar-refractivity contribution in [3.05, 3.63) is 29.9 Å². The Kier molecular flexibility index (Phi) is 4.08. The molecule has 1 aliphatic heterocycles. The highest BCUT2D eigenvalue weighted by Crippen LogP contribution is 2.20. The zero-order valence-electron chi connectivity index (χ0n) is 12.4. The van der Waals surface area contributed by atoms with Crippen molar-refractivity contribution in [2.75, 3.05) is 20.2 Å². The maximum Gasteiger partial charge on any atom is 0.336 e. The van der Waals surface area contributed by atoms with Gasteiger partial charge in [0.2, 0.25) is 5.89 Å². The Balaban J connectivity index is 1.74. The van der Waals surface area contributed by atoms with E-state index in [0.717, 1.165) is 0 Å². The van der Waals surface area contributed by atoms with Gasteiger partial charge in [-0.2, -0.15) is 0 Å². The zero-order valence-corrected chi connectivity index (χ0v) is 12.4. The van der Waals surface area contributed by atoms with Gasteiger partial charge in [-0.05, 0) is 19.1 Å². The number of fused-ring (bicyclic) bond motifs is 1. The molecule has 0 aliphatic carbocycles. The van der Waals surface area contributed by atoms with Crippen LogP contribution < -0.4 is 0 Å². The molecule has 0 bridgehead atoms. The number of nitrogens with zero attached hydrogens (tertiary/aromatic N) is 2. The van der Waals surface area contributed by atoms with E-state index in [9.17, 15) is 9.18 Å². The van der Waals surface area contributed by atoms with E-state index in [-0.39, 0.29) is 11.9 Å². The Bertz CT molecular complexity index is 687. The van der Waals surface area contributed by atoms with Crippen LogP contribution in [-0.2, 0) is 20.8 Å². The molecule has 1 saturated heterocycles. The number of benzene rings is 1. The number of morpholine rings is 1. The third kappa shape index (κ3) is 3.10. The summed E-state index contributed by atoms with van der Waals surface area (Å²) in [7, 11) is 1.34. The maximum absolute atomic E-state index is 13.2. The van der Waals surface area contributed by atoms with Crippen LogP contribution in [0.15, 0.2) is 22.6 Å². The van der Waals surface area contributed by atoms with Gasteiger partial charge in [0.25, 0.3) is 0 Å². The Morgan fingerprint density at radius 2 is 2.32 bits per heavy atom. The molecule has 0 radical (unpaired) electrons. The predicted octanol–water partition coefficient (Wildman–Crippen LogP) is 1.73. The molecule has 1 aromatic heterocycles. The number of halogens is 1. The monoisotopic (exact) mass is 308 g/mol. The molecule has 22 heavy (non-hydrogen) atoms. The Morgan fingerprint density at radius 3 is 3.09 bits per heavy atom. The van der Waals surface area contributed by atoms with Crippen LogP contribution in [0.1, 0.15) is 12.8 Å². The van der Waals surface area contributed by atoms with Crippen LogP contribution in [0.25, 0.3) is 11.1 Å². The molecule has 1 unspecified atom stereocenters. The standard InChI is InChI=1S/C15H17FN2O4/c1-9-6-18(7-13(21-9)15(19)20-2)8-14-17-11-5-10(16)3-4-12(11)22-14/h3-5,9,13H,6-8H2,1-2H3/t9-,13?/m1/s1. The fourth-order valence-electron chi connectivity index (χ4n) is 2.64. The smallest absolute Gasteiger partial charge is 0.336 e. The summed E-state index contributed by atoms with van der Waals surface area (Å²) in [5.41, 5.74) is 1.03. The quantitative estimate of drug-likeness (QED) is 0.805. The van der Waals surface area contributed by atoms with Crippen molar-refractivity contribution in [1.82, 2.24) is 9.88 Å². The van der Waals surface area contributed by atoms with Gasteiger partial charge in [0.15, 0.2) is 11.7 Å². The van der Waals surface area contributed by atoms with Gasteiger partial charge in [-0.25, -0.2) is 14.2 Å². The highest BCUT2D eigenvalue weighted by molar-refractivity contribution is 5.75. The first kappa shape index (κ1) is 14.9. The van der Waals surface area contributed by atoms with Crippen molar-refractivity contribution in [2.24, 2.45) is 0 Å². The minimum Gasteiger partial charge on any atom is -0.467 e. The number of rotatable bonds is 3. The number of carbonyl (C=O) groups excluding carboxylic acids is 1. The highest BCUT2D eigenvalue weighted by atomic mass is 19.1. The molecule has 0 N–H and O–H groups in total. The number of aromatic nitrogens is 1. The number of methoxy groups -OCH3 is 1. The molecule has 3 rings (SSSR count). The average molecular weight is 308 g/mol. The van der Waals surface area contributed by atoms with E-state index >= 15 is 0 Å². The minimum atomic E-state index is -0.615. The van der Waals surface area contributed by atoms with E-state index in [1.165, 1.54) is 19.2 Å². The molecule has 0 saturated carbocycles. The van der Waals surface area contributed by atoms with Gasteiger partial charge in [-0.1, -0.05) is 0 Å². The summed E-state index contributed by atoms with van der Waals surface area (Å²) in [6.07, 6.45) is -0.713. The molecular weight excluding hydrogens is 291 g/mol. The van der Waals surface area contributed by atoms with Crippen molar-refractivity contribution in [3.8, 4) is 0 Å². The molecule has 1 aromatic carbocycles. The first-order valence-corrected chi connectivity index (χ1v) is 7.06. The van der Waals surface area contributed by atoms with E-state index in [1.807, 2.05) is 11.8 Å². The molecule has 118 valence electrons. The van der Waals surface area contributed by atoms with Gasteiger partial charge in [-0.3, -0.25) is 4.90 Å². The summed E-state index contributed by atoms with van der Waals surface area (Å²) in [5.74, 6) is -0.257. The van der Waals surface area contributed by atoms with Crippen LogP contribution in [0.5, 0.6) is 0 Å². The topological polar surface area (TPSA) is 64.8 Å². The number of carbonyl (C=O) groups is 1. The van der Waals surface area contributed by atoms with Crippen molar-refractivity contribution >= 4 is 17.1 Å². The highest BCUT2D eigenvalue weighted by Gasteiger charge is 2.31. The van der Waals surface area contributed by atoms with Gasteiger partial charge < -0.3 is 13.9 Å². The molecule has 1 fully saturated rings. The number of hydrogen-bond donors (Lipinski definition) is 0. The normalized spacial score (nSPS) is 22.9. The van der Waals surface area contributed by atoms with Gasteiger partial charge in [-0.15, -0.1) is 0 Å². The van der Waals surface area contributed by atoms with E-state index in [2.05, 4.69) is 4.98 Å². The number of esters is 1. The third-order valence-electron chi connectivity index (χ3n) is 3.55. The fraction of sp³-hybridized carbons (Fsp3) is 0.467. The predicted molar refractivity (Wildman–Crippen MR) is 75.6 cm³/mol. The van der Waals surface area contributed by atoms with Gasteiger partial charge in [0.1, 0.15) is 11.3 Å². The Morgan fingerprint density at radius 1 is 1.50 bits per heavy atom. The zero-order chi connectivity index (χ0) is 15.7. The summed E-state index contributed by atoms with van der Waals surface area (Å²) in [4.78, 5) is 17.9. The molecule has 0 spiro atoms. The van der Waals surface area contributed by atoms with E-state index in [4.69, 9.17) is 13.9 Å². The van der Waals surface area contributed by atoms with E-state index in [1.54, 1.807) is 6.07 Å². The lowest BCUT2D eigenvalue weighted by Crippen LogP contribution is -2.49. The van der Waals surface area contributed by atoms with Crippen LogP contribution in [0.4, 0.5) is 4.39 Å². The fourth-order valence-corrected chi connectivity index (χ4v) is 2.64. The SMILES string of the molecule is COC(=O)C1CN(Cc2nc3cc(F)ccc3o2)C[C@@H](C)O1. The summed E-state index contributed by atoms with van der Waals surface area (Å²) in [6.45, 7) is 3.38. The maximum atomic E-state index is 13.2. The second kappa shape index (κ2) is 6.02. The lowest BCUT2D eigenvalue weighted by molar-refractivity contribution is -0.166.